The Hall–Kier alpha value is -1.88. The summed E-state index contributed by atoms with van der Waals surface area (Å²) in [6, 6.07) is 5.60. The minimum Gasteiger partial charge on any atom is -0.440 e. The summed E-state index contributed by atoms with van der Waals surface area (Å²) >= 11 is 0. The second-order valence-corrected chi connectivity index (χ2v) is 5.16. The van der Waals surface area contributed by atoms with E-state index in [1.54, 1.807) is 0 Å². The molecule has 0 saturated heterocycles. The van der Waals surface area contributed by atoms with E-state index in [1.807, 2.05) is 25.1 Å². The maximum absolute atomic E-state index is 11.8. The first-order valence-electron chi connectivity index (χ1n) is 7.17. The van der Waals surface area contributed by atoms with Crippen molar-refractivity contribution in [3.05, 3.63) is 24.1 Å². The third-order valence-corrected chi connectivity index (χ3v) is 3.39. The number of carbonyl (C=O) groups is 1. The van der Waals surface area contributed by atoms with Crippen molar-refractivity contribution in [2.45, 2.75) is 32.1 Å². The molecule has 20 heavy (non-hydrogen) atoms. The molecule has 1 aliphatic rings. The Morgan fingerprint density at radius 2 is 2.30 bits per heavy atom. The lowest BCUT2D eigenvalue weighted by molar-refractivity contribution is -0.116. The first kappa shape index (κ1) is 13.1. The molecule has 0 bridgehead atoms. The van der Waals surface area contributed by atoms with E-state index in [-0.39, 0.29) is 5.91 Å². The Morgan fingerprint density at radius 3 is 3.05 bits per heavy atom. The SMILES string of the molecule is CCNCCC(=O)Nc1ccc2oc(C3CC3)nc2c1. The molecular weight excluding hydrogens is 254 g/mol. The number of rotatable bonds is 6. The normalized spacial score (nSPS) is 14.7. The number of nitrogens with zero attached hydrogens (tertiary/aromatic N) is 1. The van der Waals surface area contributed by atoms with E-state index in [2.05, 4.69) is 15.6 Å². The second kappa shape index (κ2) is 5.63. The van der Waals surface area contributed by atoms with Gasteiger partial charge in [-0.15, -0.1) is 0 Å². The summed E-state index contributed by atoms with van der Waals surface area (Å²) in [5.41, 5.74) is 2.38. The van der Waals surface area contributed by atoms with Crippen molar-refractivity contribution in [1.29, 1.82) is 0 Å². The molecule has 1 aliphatic carbocycles. The summed E-state index contributed by atoms with van der Waals surface area (Å²) in [6.07, 6.45) is 2.81. The number of amides is 1. The lowest BCUT2D eigenvalue weighted by atomic mass is 10.2. The third kappa shape index (κ3) is 2.99. The maximum atomic E-state index is 11.8. The molecule has 3 rings (SSSR count). The number of fused-ring (bicyclic) bond motifs is 1. The van der Waals surface area contributed by atoms with Gasteiger partial charge in [-0.3, -0.25) is 4.79 Å². The van der Waals surface area contributed by atoms with Gasteiger partial charge in [0.1, 0.15) is 5.52 Å². The van der Waals surface area contributed by atoms with Crippen LogP contribution in [0.3, 0.4) is 0 Å². The van der Waals surface area contributed by atoms with E-state index in [0.29, 0.717) is 18.9 Å². The Bertz CT molecular complexity index is 617. The Kier molecular flexibility index (Phi) is 3.69. The highest BCUT2D eigenvalue weighted by Crippen LogP contribution is 2.40. The van der Waals surface area contributed by atoms with E-state index in [9.17, 15) is 4.79 Å². The lowest BCUT2D eigenvalue weighted by Crippen LogP contribution is -2.21. The molecule has 1 aromatic heterocycles. The molecule has 1 saturated carbocycles. The first-order valence-corrected chi connectivity index (χ1v) is 7.17. The summed E-state index contributed by atoms with van der Waals surface area (Å²) in [5.74, 6) is 1.34. The molecule has 1 fully saturated rings. The molecule has 1 aromatic carbocycles. The summed E-state index contributed by atoms with van der Waals surface area (Å²) < 4.78 is 5.70. The van der Waals surface area contributed by atoms with Gasteiger partial charge < -0.3 is 15.1 Å². The van der Waals surface area contributed by atoms with Crippen LogP contribution in [-0.2, 0) is 4.79 Å². The van der Waals surface area contributed by atoms with Crippen molar-refractivity contribution in [3.63, 3.8) is 0 Å². The van der Waals surface area contributed by atoms with Gasteiger partial charge in [-0.25, -0.2) is 4.98 Å². The highest BCUT2D eigenvalue weighted by Gasteiger charge is 2.28. The van der Waals surface area contributed by atoms with Gasteiger partial charge in [-0.1, -0.05) is 6.92 Å². The second-order valence-electron chi connectivity index (χ2n) is 5.16. The Balaban J connectivity index is 1.67. The van der Waals surface area contributed by atoms with Crippen LogP contribution in [0, 0.1) is 0 Å². The molecule has 106 valence electrons. The average Bonchev–Trinajstić information content (AvgIpc) is 3.19. The zero-order chi connectivity index (χ0) is 13.9. The standard InChI is InChI=1S/C15H19N3O2/c1-2-16-8-7-14(19)17-11-5-6-13-12(9-11)18-15(20-13)10-3-4-10/h5-6,9-10,16H,2-4,7-8H2,1H3,(H,17,19). The number of carbonyl (C=O) groups excluding carboxylic acids is 1. The van der Waals surface area contributed by atoms with Crippen LogP contribution in [0.15, 0.2) is 22.6 Å². The number of benzene rings is 1. The van der Waals surface area contributed by atoms with Crippen molar-refractivity contribution in [1.82, 2.24) is 10.3 Å². The smallest absolute Gasteiger partial charge is 0.225 e. The monoisotopic (exact) mass is 273 g/mol. The molecule has 5 heteroatoms. The lowest BCUT2D eigenvalue weighted by Gasteiger charge is -2.05. The fourth-order valence-corrected chi connectivity index (χ4v) is 2.13. The number of nitrogens with one attached hydrogen (secondary N) is 2. The van der Waals surface area contributed by atoms with Crippen LogP contribution in [0.4, 0.5) is 5.69 Å². The van der Waals surface area contributed by atoms with Crippen molar-refractivity contribution >= 4 is 22.7 Å². The number of oxazole rings is 1. The molecule has 0 spiro atoms. The highest BCUT2D eigenvalue weighted by atomic mass is 16.3. The predicted molar refractivity (Wildman–Crippen MR) is 77.8 cm³/mol. The zero-order valence-corrected chi connectivity index (χ0v) is 11.6. The van der Waals surface area contributed by atoms with E-state index >= 15 is 0 Å². The van der Waals surface area contributed by atoms with Gasteiger partial charge in [0.25, 0.3) is 0 Å². The molecule has 2 aromatic rings. The van der Waals surface area contributed by atoms with Crippen LogP contribution in [0.25, 0.3) is 11.1 Å². The van der Waals surface area contributed by atoms with E-state index in [0.717, 1.165) is 29.2 Å². The predicted octanol–water partition coefficient (Wildman–Crippen LogP) is 2.64. The first-order chi connectivity index (χ1) is 9.76. The van der Waals surface area contributed by atoms with Crippen LogP contribution < -0.4 is 10.6 Å². The van der Waals surface area contributed by atoms with Gasteiger partial charge in [-0.2, -0.15) is 0 Å². The van der Waals surface area contributed by atoms with Crippen molar-refractivity contribution in [3.8, 4) is 0 Å². The quantitative estimate of drug-likeness (QED) is 0.794. The van der Waals surface area contributed by atoms with E-state index < -0.39 is 0 Å². The maximum Gasteiger partial charge on any atom is 0.225 e. The number of anilines is 1. The fourth-order valence-electron chi connectivity index (χ4n) is 2.13. The number of hydrogen-bond acceptors (Lipinski definition) is 4. The molecule has 0 aliphatic heterocycles. The van der Waals surface area contributed by atoms with Crippen LogP contribution in [0.1, 0.15) is 38.0 Å². The molecule has 1 amide bonds. The summed E-state index contributed by atoms with van der Waals surface area (Å²) in [6.45, 7) is 3.59. The molecule has 0 radical (unpaired) electrons. The van der Waals surface area contributed by atoms with E-state index in [1.165, 1.54) is 12.8 Å². The van der Waals surface area contributed by atoms with Crippen LogP contribution >= 0.6 is 0 Å². The van der Waals surface area contributed by atoms with Crippen LogP contribution in [-0.4, -0.2) is 24.0 Å². The van der Waals surface area contributed by atoms with Gasteiger partial charge >= 0.3 is 0 Å². The fraction of sp³-hybridized carbons (Fsp3) is 0.467. The minimum absolute atomic E-state index is 0.0104. The summed E-state index contributed by atoms with van der Waals surface area (Å²) in [5, 5.41) is 6.02. The molecule has 2 N–H and O–H groups in total. The van der Waals surface area contributed by atoms with Crippen molar-refractivity contribution in [2.24, 2.45) is 0 Å². The minimum atomic E-state index is 0.0104. The van der Waals surface area contributed by atoms with Crippen LogP contribution in [0.2, 0.25) is 0 Å². The van der Waals surface area contributed by atoms with Crippen molar-refractivity contribution < 1.29 is 9.21 Å². The third-order valence-electron chi connectivity index (χ3n) is 3.39. The molecule has 1 heterocycles. The molecule has 5 nitrogen and oxygen atoms in total. The van der Waals surface area contributed by atoms with Gasteiger partial charge in [0.2, 0.25) is 5.91 Å². The number of hydrogen-bond donors (Lipinski definition) is 2. The Labute approximate surface area is 117 Å². The van der Waals surface area contributed by atoms with Gasteiger partial charge in [0.15, 0.2) is 11.5 Å². The largest absolute Gasteiger partial charge is 0.440 e. The Morgan fingerprint density at radius 1 is 1.45 bits per heavy atom. The highest BCUT2D eigenvalue weighted by molar-refractivity contribution is 5.92. The molecule has 0 unspecified atom stereocenters. The van der Waals surface area contributed by atoms with Crippen LogP contribution in [0.5, 0.6) is 0 Å². The molecule has 0 atom stereocenters. The summed E-state index contributed by atoms with van der Waals surface area (Å²) in [7, 11) is 0. The topological polar surface area (TPSA) is 67.2 Å². The average molecular weight is 273 g/mol. The van der Waals surface area contributed by atoms with E-state index in [4.69, 9.17) is 4.42 Å². The van der Waals surface area contributed by atoms with Crippen molar-refractivity contribution in [2.75, 3.05) is 18.4 Å². The van der Waals surface area contributed by atoms with Gasteiger partial charge in [0, 0.05) is 24.6 Å². The molecular formula is C15H19N3O2. The van der Waals surface area contributed by atoms with Gasteiger partial charge in [-0.05, 0) is 37.6 Å². The number of aromatic nitrogens is 1. The van der Waals surface area contributed by atoms with Gasteiger partial charge in [0.05, 0.1) is 0 Å². The zero-order valence-electron chi connectivity index (χ0n) is 11.6. The summed E-state index contributed by atoms with van der Waals surface area (Å²) in [4.78, 5) is 16.2.